The van der Waals surface area contributed by atoms with Crippen molar-refractivity contribution in [3.63, 3.8) is 0 Å². The molecule has 112 valence electrons. The quantitative estimate of drug-likeness (QED) is 0.699. The van der Waals surface area contributed by atoms with Crippen LogP contribution in [0.2, 0.25) is 0 Å². The van der Waals surface area contributed by atoms with Crippen molar-refractivity contribution in [1.29, 1.82) is 0 Å². The SMILES string of the molecule is CCC(CC)CNC(=O)CCCOc1ccccc1C. The normalized spacial score (nSPS) is 10.6. The molecule has 0 bridgehead atoms. The van der Waals surface area contributed by atoms with E-state index in [1.165, 1.54) is 0 Å². The van der Waals surface area contributed by atoms with Crippen molar-refractivity contribution in [1.82, 2.24) is 5.32 Å². The van der Waals surface area contributed by atoms with Gasteiger partial charge in [0.25, 0.3) is 0 Å². The van der Waals surface area contributed by atoms with Gasteiger partial charge in [-0.3, -0.25) is 4.79 Å². The molecule has 0 saturated heterocycles. The van der Waals surface area contributed by atoms with Gasteiger partial charge in [-0.05, 0) is 30.9 Å². The maximum absolute atomic E-state index is 11.7. The zero-order valence-electron chi connectivity index (χ0n) is 12.9. The van der Waals surface area contributed by atoms with Crippen LogP contribution in [-0.4, -0.2) is 19.1 Å². The van der Waals surface area contributed by atoms with Crippen molar-refractivity contribution in [3.8, 4) is 5.75 Å². The van der Waals surface area contributed by atoms with Crippen molar-refractivity contribution in [2.75, 3.05) is 13.2 Å². The number of hydrogen-bond donors (Lipinski definition) is 1. The Bertz CT molecular complexity index is 400. The molecule has 0 aliphatic rings. The van der Waals surface area contributed by atoms with Crippen molar-refractivity contribution >= 4 is 5.91 Å². The van der Waals surface area contributed by atoms with E-state index in [9.17, 15) is 4.79 Å². The highest BCUT2D eigenvalue weighted by atomic mass is 16.5. The predicted molar refractivity (Wildman–Crippen MR) is 83.0 cm³/mol. The second kappa shape index (κ2) is 9.40. The largest absolute Gasteiger partial charge is 0.493 e. The monoisotopic (exact) mass is 277 g/mol. The molecule has 0 aliphatic heterocycles. The van der Waals surface area contributed by atoms with Crippen LogP contribution >= 0.6 is 0 Å². The van der Waals surface area contributed by atoms with Crippen molar-refractivity contribution < 1.29 is 9.53 Å². The highest BCUT2D eigenvalue weighted by molar-refractivity contribution is 5.75. The van der Waals surface area contributed by atoms with Crippen LogP contribution in [0.25, 0.3) is 0 Å². The number of aryl methyl sites for hydroxylation is 1. The highest BCUT2D eigenvalue weighted by Gasteiger charge is 2.06. The molecular weight excluding hydrogens is 250 g/mol. The first-order chi connectivity index (χ1) is 9.67. The van der Waals surface area contributed by atoms with E-state index in [-0.39, 0.29) is 5.91 Å². The van der Waals surface area contributed by atoms with Crippen LogP contribution in [0.5, 0.6) is 5.75 Å². The van der Waals surface area contributed by atoms with Gasteiger partial charge in [0.1, 0.15) is 5.75 Å². The lowest BCUT2D eigenvalue weighted by molar-refractivity contribution is -0.121. The fourth-order valence-electron chi connectivity index (χ4n) is 2.06. The molecule has 0 spiro atoms. The predicted octanol–water partition coefficient (Wildman–Crippen LogP) is 3.71. The topological polar surface area (TPSA) is 38.3 Å². The summed E-state index contributed by atoms with van der Waals surface area (Å²) in [5, 5.41) is 3.00. The van der Waals surface area contributed by atoms with E-state index in [0.717, 1.165) is 37.1 Å². The van der Waals surface area contributed by atoms with E-state index in [1.54, 1.807) is 0 Å². The number of ether oxygens (including phenoxy) is 1. The van der Waals surface area contributed by atoms with E-state index in [0.29, 0.717) is 18.9 Å². The Kier molecular flexibility index (Phi) is 7.78. The number of carbonyl (C=O) groups is 1. The van der Waals surface area contributed by atoms with Crippen molar-refractivity contribution in [3.05, 3.63) is 29.8 Å². The minimum atomic E-state index is 0.130. The Morgan fingerprint density at radius 3 is 2.60 bits per heavy atom. The summed E-state index contributed by atoms with van der Waals surface area (Å²) in [6.45, 7) is 7.73. The Morgan fingerprint density at radius 2 is 1.95 bits per heavy atom. The molecule has 1 amide bonds. The molecule has 1 N–H and O–H groups in total. The van der Waals surface area contributed by atoms with Crippen LogP contribution < -0.4 is 10.1 Å². The summed E-state index contributed by atoms with van der Waals surface area (Å²) in [4.78, 5) is 11.7. The number of hydrogen-bond acceptors (Lipinski definition) is 2. The Hall–Kier alpha value is -1.51. The van der Waals surface area contributed by atoms with Gasteiger partial charge in [-0.25, -0.2) is 0 Å². The zero-order valence-corrected chi connectivity index (χ0v) is 12.9. The van der Waals surface area contributed by atoms with E-state index in [1.807, 2.05) is 31.2 Å². The Morgan fingerprint density at radius 1 is 1.25 bits per heavy atom. The van der Waals surface area contributed by atoms with Crippen LogP contribution in [0.4, 0.5) is 0 Å². The fraction of sp³-hybridized carbons (Fsp3) is 0.588. The summed E-state index contributed by atoms with van der Waals surface area (Å²) in [5.41, 5.74) is 1.13. The lowest BCUT2D eigenvalue weighted by Gasteiger charge is -2.13. The third-order valence-corrected chi connectivity index (χ3v) is 3.64. The highest BCUT2D eigenvalue weighted by Crippen LogP contribution is 2.16. The molecule has 0 radical (unpaired) electrons. The first-order valence-corrected chi connectivity index (χ1v) is 7.62. The van der Waals surface area contributed by atoms with Gasteiger partial charge in [-0.1, -0.05) is 44.9 Å². The lowest BCUT2D eigenvalue weighted by Crippen LogP contribution is -2.28. The van der Waals surface area contributed by atoms with Gasteiger partial charge < -0.3 is 10.1 Å². The summed E-state index contributed by atoms with van der Waals surface area (Å²) in [7, 11) is 0. The average molecular weight is 277 g/mol. The summed E-state index contributed by atoms with van der Waals surface area (Å²) < 4.78 is 5.68. The molecule has 0 fully saturated rings. The third-order valence-electron chi connectivity index (χ3n) is 3.64. The third kappa shape index (κ3) is 6.09. The Balaban J connectivity index is 2.15. The van der Waals surface area contributed by atoms with Crippen LogP contribution in [0, 0.1) is 12.8 Å². The number of nitrogens with one attached hydrogen (secondary N) is 1. The van der Waals surface area contributed by atoms with E-state index >= 15 is 0 Å². The van der Waals surface area contributed by atoms with Crippen LogP contribution in [0.3, 0.4) is 0 Å². The van der Waals surface area contributed by atoms with E-state index in [2.05, 4.69) is 19.2 Å². The van der Waals surface area contributed by atoms with E-state index < -0.39 is 0 Å². The van der Waals surface area contributed by atoms with Gasteiger partial charge in [0.2, 0.25) is 5.91 Å². The molecule has 20 heavy (non-hydrogen) atoms. The lowest BCUT2D eigenvalue weighted by atomic mass is 10.0. The van der Waals surface area contributed by atoms with Gasteiger partial charge in [0, 0.05) is 13.0 Å². The molecule has 0 unspecified atom stereocenters. The van der Waals surface area contributed by atoms with Gasteiger partial charge in [-0.2, -0.15) is 0 Å². The average Bonchev–Trinajstić information content (AvgIpc) is 2.46. The molecule has 1 aromatic carbocycles. The number of amides is 1. The van der Waals surface area contributed by atoms with Gasteiger partial charge in [0.05, 0.1) is 6.61 Å². The van der Waals surface area contributed by atoms with Crippen molar-refractivity contribution in [2.45, 2.75) is 46.5 Å². The fourth-order valence-corrected chi connectivity index (χ4v) is 2.06. The van der Waals surface area contributed by atoms with Gasteiger partial charge in [0.15, 0.2) is 0 Å². The van der Waals surface area contributed by atoms with Crippen LogP contribution in [0.15, 0.2) is 24.3 Å². The molecule has 1 rings (SSSR count). The first kappa shape index (κ1) is 16.5. The summed E-state index contributed by atoms with van der Waals surface area (Å²) in [6, 6.07) is 7.94. The van der Waals surface area contributed by atoms with E-state index in [4.69, 9.17) is 4.74 Å². The second-order valence-corrected chi connectivity index (χ2v) is 5.20. The molecule has 1 aromatic rings. The Labute approximate surface area is 122 Å². The minimum Gasteiger partial charge on any atom is -0.493 e. The van der Waals surface area contributed by atoms with Crippen LogP contribution in [-0.2, 0) is 4.79 Å². The molecule has 0 aromatic heterocycles. The van der Waals surface area contributed by atoms with Gasteiger partial charge >= 0.3 is 0 Å². The summed E-state index contributed by atoms with van der Waals surface area (Å²) >= 11 is 0. The van der Waals surface area contributed by atoms with Crippen LogP contribution in [0.1, 0.15) is 45.1 Å². The molecule has 3 nitrogen and oxygen atoms in total. The second-order valence-electron chi connectivity index (χ2n) is 5.20. The number of rotatable bonds is 9. The summed E-state index contributed by atoms with van der Waals surface area (Å²) in [5.74, 6) is 1.64. The molecule has 0 aliphatic carbocycles. The zero-order chi connectivity index (χ0) is 14.8. The minimum absolute atomic E-state index is 0.130. The maximum Gasteiger partial charge on any atom is 0.220 e. The van der Waals surface area contributed by atoms with Gasteiger partial charge in [-0.15, -0.1) is 0 Å². The smallest absolute Gasteiger partial charge is 0.220 e. The molecule has 0 heterocycles. The molecular formula is C17H27NO2. The number of para-hydroxylation sites is 1. The number of carbonyl (C=O) groups excluding carboxylic acids is 1. The molecule has 0 saturated carbocycles. The van der Waals surface area contributed by atoms with Crippen molar-refractivity contribution in [2.24, 2.45) is 5.92 Å². The number of benzene rings is 1. The summed E-state index contributed by atoms with van der Waals surface area (Å²) in [6.07, 6.45) is 3.52. The molecule has 3 heteroatoms. The first-order valence-electron chi connectivity index (χ1n) is 7.62. The standard InChI is InChI=1S/C17H27NO2/c1-4-15(5-2)13-18-17(19)11-8-12-20-16-10-7-6-9-14(16)3/h6-7,9-10,15H,4-5,8,11-13H2,1-3H3,(H,18,19). The molecule has 0 atom stereocenters. The maximum atomic E-state index is 11.7.